The molecule has 0 aromatic carbocycles. The lowest BCUT2D eigenvalue weighted by Crippen LogP contribution is -2.67. The van der Waals surface area contributed by atoms with Crippen LogP contribution < -0.4 is 26.6 Å². The van der Waals surface area contributed by atoms with Crippen molar-refractivity contribution < 1.29 is 66.0 Å². The second-order valence-electron chi connectivity index (χ2n) is 28.1. The summed E-state index contributed by atoms with van der Waals surface area (Å²) in [5.41, 5.74) is -1.71. The first-order chi connectivity index (χ1) is 43.5. The Hall–Kier alpha value is -6.37. The van der Waals surface area contributed by atoms with Crippen LogP contribution in [-0.4, -0.2) is 248 Å². The van der Waals surface area contributed by atoms with Crippen LogP contribution in [0.5, 0.6) is 0 Å². The lowest BCUT2D eigenvalue weighted by atomic mass is 9.93. The summed E-state index contributed by atoms with van der Waals surface area (Å²) in [4.78, 5) is 176. The average molecular weight is 1350 g/mol. The maximum atomic E-state index is 15.4. The predicted octanol–water partition coefficient (Wildman–Crippen LogP) is 3.30. The van der Waals surface area contributed by atoms with Crippen molar-refractivity contribution in [2.75, 3.05) is 73.9 Å². The van der Waals surface area contributed by atoms with E-state index in [2.05, 4.69) is 32.5 Å². The van der Waals surface area contributed by atoms with Crippen LogP contribution in [0, 0.1) is 53.8 Å². The minimum atomic E-state index is -3.21. The number of nitrogens with one attached hydrogen (secondary N) is 5. The van der Waals surface area contributed by atoms with Crippen molar-refractivity contribution in [3.8, 4) is 12.3 Å². The molecule has 11 amide bonds. The Kier molecular flexibility index (Phi) is 36.1. The van der Waals surface area contributed by atoms with Crippen LogP contribution in [0.3, 0.4) is 0 Å². The molecular formula is C67H118N12O14S. The van der Waals surface area contributed by atoms with Gasteiger partial charge in [0.05, 0.1) is 35.7 Å². The van der Waals surface area contributed by atoms with Crippen LogP contribution in [0.25, 0.3) is 0 Å². The third kappa shape index (κ3) is 25.3. The van der Waals surface area contributed by atoms with Crippen molar-refractivity contribution in [1.29, 1.82) is 0 Å². The first-order valence-corrected chi connectivity index (χ1v) is 35.2. The Morgan fingerprint density at radius 2 is 1.15 bits per heavy atom. The zero-order chi connectivity index (χ0) is 72.6. The fourth-order valence-corrected chi connectivity index (χ4v) is 12.9. The van der Waals surface area contributed by atoms with Crippen LogP contribution >= 0.6 is 0 Å². The lowest BCUT2D eigenvalue weighted by molar-refractivity contribution is -0.153. The maximum absolute atomic E-state index is 15.4. The summed E-state index contributed by atoms with van der Waals surface area (Å²) in [7, 11) is 6.82. The summed E-state index contributed by atoms with van der Waals surface area (Å²) in [6, 6.07) is -11.2. The van der Waals surface area contributed by atoms with E-state index in [0.29, 0.717) is 38.3 Å². The number of carbonyl (C=O) groups excluding carboxylic acids is 12. The van der Waals surface area contributed by atoms with Crippen molar-refractivity contribution in [2.24, 2.45) is 41.4 Å². The molecule has 0 aromatic rings. The molecule has 5 N–H and O–H groups in total. The largest absolute Gasteiger partial charge is 0.343 e. The van der Waals surface area contributed by atoms with Crippen molar-refractivity contribution in [2.45, 2.75) is 228 Å². The zero-order valence-electron chi connectivity index (χ0n) is 60.6. The van der Waals surface area contributed by atoms with Gasteiger partial charge in [0.1, 0.15) is 30.5 Å². The maximum Gasteiger partial charge on any atom is 0.324 e. The molecule has 26 nitrogen and oxygen atoms in total. The number of hydrogen-bond acceptors (Lipinski definition) is 17. The van der Waals surface area contributed by atoms with E-state index in [1.165, 1.54) is 52.0 Å². The predicted molar refractivity (Wildman–Crippen MR) is 362 cm³/mol. The number of likely N-dealkylation sites (N-methyl/N-ethyl adjacent to an activating group) is 7. The molecule has 536 valence electrons. The Morgan fingerprint density at radius 1 is 0.606 bits per heavy atom. The van der Waals surface area contributed by atoms with Crippen molar-refractivity contribution >= 4 is 81.6 Å². The zero-order valence-corrected chi connectivity index (χ0v) is 61.4. The number of terminal acetylenes is 1. The fraction of sp³-hybridized carbons (Fsp3) is 0.791. The number of carbonyl (C=O) groups is 12. The summed E-state index contributed by atoms with van der Waals surface area (Å²) in [6.45, 7) is 27.3. The Bertz CT molecular complexity index is 2720. The molecule has 1 heterocycles. The van der Waals surface area contributed by atoms with E-state index in [4.69, 9.17) is 6.42 Å². The Morgan fingerprint density at radius 3 is 1.61 bits per heavy atom. The number of urea groups is 1. The molecule has 1 rings (SSSR count). The second-order valence-corrected chi connectivity index (χ2v) is 30.4. The smallest absolute Gasteiger partial charge is 0.324 e. The third-order valence-electron chi connectivity index (χ3n) is 17.7. The molecule has 0 radical (unpaired) electrons. The van der Waals surface area contributed by atoms with Gasteiger partial charge in [-0.3, -0.25) is 68.4 Å². The van der Waals surface area contributed by atoms with Gasteiger partial charge in [0.15, 0.2) is 27.8 Å². The minimum Gasteiger partial charge on any atom is -0.343 e. The molecule has 27 heteroatoms. The first kappa shape index (κ1) is 85.6. The van der Waals surface area contributed by atoms with E-state index in [-0.39, 0.29) is 105 Å². The molecular weight excluding hydrogens is 1230 g/mol. The first-order valence-electron chi connectivity index (χ1n) is 33.4. The van der Waals surface area contributed by atoms with Gasteiger partial charge in [-0.25, -0.2) is 13.2 Å². The van der Waals surface area contributed by atoms with Gasteiger partial charge in [-0.15, -0.1) is 6.42 Å². The van der Waals surface area contributed by atoms with E-state index in [9.17, 15) is 51.6 Å². The van der Waals surface area contributed by atoms with Crippen LogP contribution in [0.15, 0.2) is 0 Å². The molecule has 11 atom stereocenters. The highest BCUT2D eigenvalue weighted by Gasteiger charge is 2.46. The number of sulfone groups is 1. The molecule has 1 saturated heterocycles. The van der Waals surface area contributed by atoms with Gasteiger partial charge >= 0.3 is 6.03 Å². The standard InChI is InChI=1S/C67H118N12O14S/c1-24-49(61(86)74(19)52(25-2)64(89)78(23)67(40-81,38-44(9)10)72-51(39-80)45(11)12)70-60(85)53(30-29-47(15)27-26-28-56(82)79-31-33-94(92,93)34-32-79)75(20)65(90)57(46(13)14)76(21)62(87)54(36-42(5)6)73(18)55(37-43(7)8)63(88)77(22)66(91)69-48(16)58(83)71-59(84)50(68-17)35-41(3)4/h2,39-55,57,68,72H,24,26-38H2,1,3-23H3,(H,69,91)(H,70,85)(H,71,83,84)/t47-,48-,49-,50+,51-,52-,53+,54-,55-,57+,67-/m1/s1. The molecule has 0 bridgehead atoms. The lowest BCUT2D eigenvalue weighted by Gasteiger charge is -2.43. The van der Waals surface area contributed by atoms with Crippen molar-refractivity contribution in [1.82, 2.24) is 60.9 Å². The number of aldehydes is 2. The van der Waals surface area contributed by atoms with Crippen LogP contribution in [0.1, 0.15) is 168 Å². The quantitative estimate of drug-likeness (QED) is 0.0335. The van der Waals surface area contributed by atoms with Gasteiger partial charge in [0, 0.05) is 54.7 Å². The van der Waals surface area contributed by atoms with E-state index in [1.807, 2.05) is 62.3 Å². The SMILES string of the molecule is C#C[C@H](C(=O)N(C)[C@@](C=O)(CC(C)C)N[C@H](C=O)C(C)C)N(C)C(=O)[C@@H](CC)NC(=O)[C@H](CC[C@H](C)CCCC(=O)N1CCS(=O)(=O)CC1)N(C)C(=O)[C@H](C(C)C)N(C)C(=O)[C@@H](CC(C)C)N(C)[C@H](CC(C)C)C(=O)N(C)C(=O)N[C@H](C)C(=O)NC(=O)[C@H](CC(C)C)NC. The second kappa shape index (κ2) is 39.6. The van der Waals surface area contributed by atoms with Crippen molar-refractivity contribution in [3.05, 3.63) is 0 Å². The highest BCUT2D eigenvalue weighted by atomic mass is 32.2. The third-order valence-corrected chi connectivity index (χ3v) is 19.3. The van der Waals surface area contributed by atoms with E-state index in [1.54, 1.807) is 58.5 Å². The number of hydrogen-bond donors (Lipinski definition) is 5. The molecule has 0 aliphatic carbocycles. The Balaban J connectivity index is 3.84. The summed E-state index contributed by atoms with van der Waals surface area (Å²) in [5.74, 6) is -4.80. The molecule has 94 heavy (non-hydrogen) atoms. The highest BCUT2D eigenvalue weighted by molar-refractivity contribution is 7.91. The van der Waals surface area contributed by atoms with Crippen LogP contribution in [0.2, 0.25) is 0 Å². The summed E-state index contributed by atoms with van der Waals surface area (Å²) in [6.07, 6.45) is 9.63. The van der Waals surface area contributed by atoms with Gasteiger partial charge in [-0.05, 0) is 114 Å². The normalized spacial score (nSPS) is 17.1. The monoisotopic (exact) mass is 1350 g/mol. The summed E-state index contributed by atoms with van der Waals surface area (Å²) < 4.78 is 24.1. The van der Waals surface area contributed by atoms with Gasteiger partial charge in [0.25, 0.3) is 5.91 Å². The number of rotatable bonds is 39. The number of amides is 11. The van der Waals surface area contributed by atoms with E-state index < -0.39 is 129 Å². The van der Waals surface area contributed by atoms with Gasteiger partial charge in [-0.2, -0.15) is 0 Å². The number of nitrogens with zero attached hydrogens (tertiary/aromatic N) is 7. The highest BCUT2D eigenvalue weighted by Crippen LogP contribution is 2.27. The number of imide groups is 2. The molecule has 1 aliphatic rings. The molecule has 0 spiro atoms. The van der Waals surface area contributed by atoms with Gasteiger partial charge < -0.3 is 45.2 Å². The van der Waals surface area contributed by atoms with Gasteiger partial charge in [0.2, 0.25) is 47.3 Å². The van der Waals surface area contributed by atoms with E-state index >= 15 is 14.4 Å². The fourth-order valence-electron chi connectivity index (χ4n) is 11.7. The summed E-state index contributed by atoms with van der Waals surface area (Å²) in [5, 5.41) is 13.6. The minimum absolute atomic E-state index is 0.0113. The Labute approximate surface area is 561 Å². The van der Waals surface area contributed by atoms with Crippen molar-refractivity contribution in [3.63, 3.8) is 0 Å². The van der Waals surface area contributed by atoms with Gasteiger partial charge in [-0.1, -0.05) is 109 Å². The molecule has 0 saturated carbocycles. The van der Waals surface area contributed by atoms with E-state index in [0.717, 1.165) is 14.7 Å². The topological polar surface area (TPSA) is 322 Å². The van der Waals surface area contributed by atoms with Crippen LogP contribution in [-0.2, 0) is 62.6 Å². The molecule has 0 unspecified atom stereocenters. The average Bonchev–Trinajstić information content (AvgIpc) is 0.803. The molecule has 0 aromatic heterocycles. The molecule has 1 fully saturated rings. The summed E-state index contributed by atoms with van der Waals surface area (Å²) >= 11 is 0. The molecule has 1 aliphatic heterocycles. The van der Waals surface area contributed by atoms with Crippen LogP contribution in [0.4, 0.5) is 4.79 Å².